The van der Waals surface area contributed by atoms with Crippen LogP contribution in [0.2, 0.25) is 5.02 Å². The van der Waals surface area contributed by atoms with E-state index in [-0.39, 0.29) is 0 Å². The molecule has 0 unspecified atom stereocenters. The van der Waals surface area contributed by atoms with E-state index in [1.165, 1.54) is 0 Å². The van der Waals surface area contributed by atoms with Gasteiger partial charge in [-0.05, 0) is 12.1 Å². The van der Waals surface area contributed by atoms with Crippen molar-refractivity contribution in [1.82, 2.24) is 9.97 Å². The summed E-state index contributed by atoms with van der Waals surface area (Å²) >= 11 is 5.80. The highest BCUT2D eigenvalue weighted by atomic mass is 35.5. The standard InChI is InChI=1S/C10H6ClFN2/c11-8-3-1-2-7(4-8)10-13-5-9(12)6-14-10/h1-6H. The molecule has 0 atom stereocenters. The van der Waals surface area contributed by atoms with Crippen LogP contribution in [0.25, 0.3) is 11.4 Å². The first kappa shape index (κ1) is 9.09. The number of aromatic nitrogens is 2. The molecule has 0 saturated heterocycles. The first-order chi connectivity index (χ1) is 6.75. The quantitative estimate of drug-likeness (QED) is 0.720. The second-order valence-corrected chi connectivity index (χ2v) is 3.17. The molecule has 4 heteroatoms. The number of benzene rings is 1. The summed E-state index contributed by atoms with van der Waals surface area (Å²) < 4.78 is 12.5. The lowest BCUT2D eigenvalue weighted by atomic mass is 10.2. The summed E-state index contributed by atoms with van der Waals surface area (Å²) in [5.74, 6) is 0.0182. The van der Waals surface area contributed by atoms with E-state index in [1.54, 1.807) is 18.2 Å². The van der Waals surface area contributed by atoms with E-state index >= 15 is 0 Å². The van der Waals surface area contributed by atoms with Crippen molar-refractivity contribution in [1.29, 1.82) is 0 Å². The van der Waals surface area contributed by atoms with Crippen LogP contribution in [0.4, 0.5) is 4.39 Å². The van der Waals surface area contributed by atoms with Crippen LogP contribution in [0.3, 0.4) is 0 Å². The largest absolute Gasteiger partial charge is 0.233 e. The van der Waals surface area contributed by atoms with Crippen molar-refractivity contribution >= 4 is 11.6 Å². The average Bonchev–Trinajstić information content (AvgIpc) is 2.19. The number of hydrogen-bond donors (Lipinski definition) is 0. The number of nitrogens with zero attached hydrogens (tertiary/aromatic N) is 2. The molecule has 2 nitrogen and oxygen atoms in total. The van der Waals surface area contributed by atoms with Crippen LogP contribution in [0.1, 0.15) is 0 Å². The van der Waals surface area contributed by atoms with Crippen LogP contribution < -0.4 is 0 Å². The molecular weight excluding hydrogens is 203 g/mol. The molecule has 0 aliphatic rings. The van der Waals surface area contributed by atoms with Gasteiger partial charge in [-0.15, -0.1) is 0 Å². The van der Waals surface area contributed by atoms with Gasteiger partial charge in [0.05, 0.1) is 12.4 Å². The van der Waals surface area contributed by atoms with Gasteiger partial charge in [-0.2, -0.15) is 0 Å². The number of halogens is 2. The lowest BCUT2D eigenvalue weighted by Crippen LogP contribution is -1.89. The van der Waals surface area contributed by atoms with Gasteiger partial charge in [0.25, 0.3) is 0 Å². The van der Waals surface area contributed by atoms with E-state index in [4.69, 9.17) is 11.6 Å². The van der Waals surface area contributed by atoms with Crippen molar-refractivity contribution in [3.05, 3.63) is 47.5 Å². The molecule has 0 fully saturated rings. The Kier molecular flexibility index (Phi) is 2.41. The van der Waals surface area contributed by atoms with E-state index in [9.17, 15) is 4.39 Å². The second kappa shape index (κ2) is 3.72. The minimum atomic E-state index is -0.448. The van der Waals surface area contributed by atoms with Gasteiger partial charge < -0.3 is 0 Å². The fourth-order valence-electron chi connectivity index (χ4n) is 1.09. The zero-order valence-corrected chi connectivity index (χ0v) is 7.87. The fourth-order valence-corrected chi connectivity index (χ4v) is 1.28. The zero-order chi connectivity index (χ0) is 9.97. The smallest absolute Gasteiger partial charge is 0.159 e. The molecule has 0 saturated carbocycles. The van der Waals surface area contributed by atoms with Gasteiger partial charge in [-0.25, -0.2) is 14.4 Å². The fraction of sp³-hybridized carbons (Fsp3) is 0. The van der Waals surface area contributed by atoms with E-state index < -0.39 is 5.82 Å². The van der Waals surface area contributed by atoms with Gasteiger partial charge in [-0.3, -0.25) is 0 Å². The van der Waals surface area contributed by atoms with Crippen molar-refractivity contribution in [2.75, 3.05) is 0 Å². The molecule has 1 aromatic carbocycles. The predicted molar refractivity (Wildman–Crippen MR) is 52.4 cm³/mol. The normalized spacial score (nSPS) is 10.1. The monoisotopic (exact) mass is 208 g/mol. The molecule has 0 radical (unpaired) electrons. The summed E-state index contributed by atoms with van der Waals surface area (Å²) in [4.78, 5) is 7.69. The molecule has 1 aromatic heterocycles. The third-order valence-electron chi connectivity index (χ3n) is 1.70. The Labute approximate surface area is 85.4 Å². The van der Waals surface area contributed by atoms with Gasteiger partial charge in [0.15, 0.2) is 11.6 Å². The minimum absolute atomic E-state index is 0.448. The summed E-state index contributed by atoms with van der Waals surface area (Å²) in [6, 6.07) is 7.10. The molecule has 70 valence electrons. The Hall–Kier alpha value is -1.48. The van der Waals surface area contributed by atoms with Crippen LogP contribution in [-0.4, -0.2) is 9.97 Å². The van der Waals surface area contributed by atoms with E-state index in [2.05, 4.69) is 9.97 Å². The maximum Gasteiger partial charge on any atom is 0.159 e. The summed E-state index contributed by atoms with van der Waals surface area (Å²) in [6.45, 7) is 0. The number of rotatable bonds is 1. The zero-order valence-electron chi connectivity index (χ0n) is 7.11. The third-order valence-corrected chi connectivity index (χ3v) is 1.94. The third kappa shape index (κ3) is 1.88. The highest BCUT2D eigenvalue weighted by molar-refractivity contribution is 6.30. The molecule has 0 bridgehead atoms. The van der Waals surface area contributed by atoms with E-state index in [0.717, 1.165) is 18.0 Å². The molecule has 14 heavy (non-hydrogen) atoms. The maximum atomic E-state index is 12.5. The summed E-state index contributed by atoms with van der Waals surface area (Å²) in [5.41, 5.74) is 0.775. The van der Waals surface area contributed by atoms with Gasteiger partial charge >= 0.3 is 0 Å². The molecule has 0 amide bonds. The van der Waals surface area contributed by atoms with Crippen molar-refractivity contribution in [2.45, 2.75) is 0 Å². The first-order valence-electron chi connectivity index (χ1n) is 3.99. The molecular formula is C10H6ClFN2. The molecule has 2 aromatic rings. The van der Waals surface area contributed by atoms with Crippen LogP contribution in [0.15, 0.2) is 36.7 Å². The lowest BCUT2D eigenvalue weighted by Gasteiger charge is -1.99. The Balaban J connectivity index is 2.44. The highest BCUT2D eigenvalue weighted by Crippen LogP contribution is 2.18. The SMILES string of the molecule is Fc1cnc(-c2cccc(Cl)c2)nc1. The van der Waals surface area contributed by atoms with Gasteiger partial charge in [-0.1, -0.05) is 23.7 Å². The first-order valence-corrected chi connectivity index (χ1v) is 4.37. The van der Waals surface area contributed by atoms with Crippen LogP contribution in [0, 0.1) is 5.82 Å². The van der Waals surface area contributed by atoms with Crippen molar-refractivity contribution in [3.8, 4) is 11.4 Å². The summed E-state index contributed by atoms with van der Waals surface area (Å²) in [5, 5.41) is 0.607. The molecule has 1 heterocycles. The summed E-state index contributed by atoms with van der Waals surface area (Å²) in [7, 11) is 0. The lowest BCUT2D eigenvalue weighted by molar-refractivity contribution is 0.614. The Morgan fingerprint density at radius 3 is 2.50 bits per heavy atom. The van der Waals surface area contributed by atoms with Gasteiger partial charge in [0, 0.05) is 10.6 Å². The van der Waals surface area contributed by atoms with Crippen molar-refractivity contribution in [2.24, 2.45) is 0 Å². The second-order valence-electron chi connectivity index (χ2n) is 2.74. The van der Waals surface area contributed by atoms with Crippen LogP contribution in [-0.2, 0) is 0 Å². The molecule has 0 aliphatic carbocycles. The number of hydrogen-bond acceptors (Lipinski definition) is 2. The van der Waals surface area contributed by atoms with E-state index in [1.807, 2.05) is 6.07 Å². The van der Waals surface area contributed by atoms with E-state index in [0.29, 0.717) is 10.8 Å². The Morgan fingerprint density at radius 2 is 1.86 bits per heavy atom. The van der Waals surface area contributed by atoms with Crippen molar-refractivity contribution < 1.29 is 4.39 Å². The maximum absolute atomic E-state index is 12.5. The van der Waals surface area contributed by atoms with Crippen molar-refractivity contribution in [3.63, 3.8) is 0 Å². The van der Waals surface area contributed by atoms with Crippen LogP contribution in [0.5, 0.6) is 0 Å². The van der Waals surface area contributed by atoms with Gasteiger partial charge in [0.2, 0.25) is 0 Å². The minimum Gasteiger partial charge on any atom is -0.233 e. The molecule has 0 spiro atoms. The average molecular weight is 209 g/mol. The predicted octanol–water partition coefficient (Wildman–Crippen LogP) is 2.94. The highest BCUT2D eigenvalue weighted by Gasteiger charge is 2.01. The van der Waals surface area contributed by atoms with Crippen LogP contribution >= 0.6 is 11.6 Å². The molecule has 0 aliphatic heterocycles. The molecule has 0 N–H and O–H groups in total. The molecule has 2 rings (SSSR count). The Morgan fingerprint density at radius 1 is 1.14 bits per heavy atom. The van der Waals surface area contributed by atoms with Gasteiger partial charge in [0.1, 0.15) is 0 Å². The Bertz CT molecular complexity index is 442. The topological polar surface area (TPSA) is 25.8 Å². The summed E-state index contributed by atoms with van der Waals surface area (Å²) in [6.07, 6.45) is 2.26.